The highest BCUT2D eigenvalue weighted by Gasteiger charge is 2.13. The first-order valence-electron chi connectivity index (χ1n) is 6.05. The van der Waals surface area contributed by atoms with E-state index in [0.29, 0.717) is 0 Å². The van der Waals surface area contributed by atoms with E-state index in [1.54, 1.807) is 0 Å². The van der Waals surface area contributed by atoms with Crippen LogP contribution in [0.5, 0.6) is 0 Å². The molecule has 0 aliphatic rings. The molecule has 0 radical (unpaired) electrons. The zero-order valence-corrected chi connectivity index (χ0v) is 10.6. The maximum Gasteiger partial charge on any atom is 0.354 e. The van der Waals surface area contributed by atoms with Gasteiger partial charge in [-0.1, -0.05) is 25.8 Å². The SMILES string of the molecule is CCCCC(C)NC(=O)c1cccc(C(=O)O)n1. The van der Waals surface area contributed by atoms with Crippen LogP contribution in [-0.4, -0.2) is 28.0 Å². The van der Waals surface area contributed by atoms with E-state index in [2.05, 4.69) is 17.2 Å². The lowest BCUT2D eigenvalue weighted by Crippen LogP contribution is -2.33. The molecule has 0 fully saturated rings. The molecule has 1 unspecified atom stereocenters. The minimum absolute atomic E-state index is 0.0627. The number of carboxylic acid groups (broad SMARTS) is 1. The van der Waals surface area contributed by atoms with Crippen molar-refractivity contribution in [1.82, 2.24) is 10.3 Å². The molecule has 0 saturated heterocycles. The summed E-state index contributed by atoms with van der Waals surface area (Å²) in [6.07, 6.45) is 3.03. The fourth-order valence-electron chi connectivity index (χ4n) is 1.56. The zero-order valence-electron chi connectivity index (χ0n) is 10.6. The second-order valence-corrected chi connectivity index (χ2v) is 4.23. The number of rotatable bonds is 6. The molecule has 1 aromatic rings. The summed E-state index contributed by atoms with van der Waals surface area (Å²) in [5.41, 5.74) is 0.0158. The summed E-state index contributed by atoms with van der Waals surface area (Å²) in [5, 5.41) is 11.6. The number of pyridine rings is 1. The minimum Gasteiger partial charge on any atom is -0.477 e. The van der Waals surface area contributed by atoms with Gasteiger partial charge in [0.05, 0.1) is 0 Å². The molecule has 2 N–H and O–H groups in total. The molecule has 1 aromatic heterocycles. The second-order valence-electron chi connectivity index (χ2n) is 4.23. The molecule has 0 aliphatic carbocycles. The predicted octanol–water partition coefficient (Wildman–Crippen LogP) is 2.09. The predicted molar refractivity (Wildman–Crippen MR) is 67.6 cm³/mol. The molecule has 0 aliphatic heterocycles. The maximum atomic E-state index is 11.8. The van der Waals surface area contributed by atoms with Crippen LogP contribution >= 0.6 is 0 Å². The number of carboxylic acids is 1. The summed E-state index contributed by atoms with van der Waals surface area (Å²) in [6.45, 7) is 4.01. The van der Waals surface area contributed by atoms with Crippen LogP contribution in [0.1, 0.15) is 54.1 Å². The van der Waals surface area contributed by atoms with Crippen LogP contribution in [0.4, 0.5) is 0 Å². The van der Waals surface area contributed by atoms with Gasteiger partial charge >= 0.3 is 5.97 Å². The number of aromatic carboxylic acids is 1. The van der Waals surface area contributed by atoms with Gasteiger partial charge in [-0.2, -0.15) is 0 Å². The fraction of sp³-hybridized carbons (Fsp3) is 0.462. The minimum atomic E-state index is -1.14. The smallest absolute Gasteiger partial charge is 0.354 e. The Hall–Kier alpha value is -1.91. The molecule has 0 spiro atoms. The lowest BCUT2D eigenvalue weighted by atomic mass is 10.1. The summed E-state index contributed by atoms with van der Waals surface area (Å²) in [7, 11) is 0. The van der Waals surface area contributed by atoms with Gasteiger partial charge in [-0.15, -0.1) is 0 Å². The number of nitrogens with zero attached hydrogens (tertiary/aromatic N) is 1. The van der Waals surface area contributed by atoms with Gasteiger partial charge in [0, 0.05) is 6.04 Å². The van der Waals surface area contributed by atoms with Gasteiger partial charge in [0.25, 0.3) is 5.91 Å². The fourth-order valence-corrected chi connectivity index (χ4v) is 1.56. The van der Waals surface area contributed by atoms with Crippen LogP contribution in [0.2, 0.25) is 0 Å². The molecule has 1 rings (SSSR count). The van der Waals surface area contributed by atoms with Gasteiger partial charge in [0.2, 0.25) is 0 Å². The Labute approximate surface area is 106 Å². The molecule has 1 atom stereocenters. The van der Waals surface area contributed by atoms with Gasteiger partial charge < -0.3 is 10.4 Å². The lowest BCUT2D eigenvalue weighted by molar-refractivity contribution is 0.0690. The third-order valence-electron chi connectivity index (χ3n) is 2.57. The van der Waals surface area contributed by atoms with Crippen LogP contribution in [0, 0.1) is 0 Å². The van der Waals surface area contributed by atoms with Crippen molar-refractivity contribution in [1.29, 1.82) is 0 Å². The number of carbonyl (C=O) groups is 2. The number of hydrogen-bond acceptors (Lipinski definition) is 3. The van der Waals surface area contributed by atoms with Crippen molar-refractivity contribution in [2.24, 2.45) is 0 Å². The van der Waals surface area contributed by atoms with Crippen molar-refractivity contribution in [3.8, 4) is 0 Å². The highest BCUT2D eigenvalue weighted by atomic mass is 16.4. The highest BCUT2D eigenvalue weighted by Crippen LogP contribution is 2.03. The molecule has 98 valence electrons. The monoisotopic (exact) mass is 250 g/mol. The lowest BCUT2D eigenvalue weighted by Gasteiger charge is -2.12. The number of aromatic nitrogens is 1. The number of unbranched alkanes of at least 4 members (excludes halogenated alkanes) is 1. The van der Waals surface area contributed by atoms with Crippen molar-refractivity contribution >= 4 is 11.9 Å². The van der Waals surface area contributed by atoms with E-state index in [0.717, 1.165) is 19.3 Å². The first-order valence-corrected chi connectivity index (χ1v) is 6.05. The summed E-state index contributed by atoms with van der Waals surface area (Å²) in [4.78, 5) is 26.4. The van der Waals surface area contributed by atoms with Gasteiger partial charge in [-0.3, -0.25) is 4.79 Å². The van der Waals surface area contributed by atoms with Crippen molar-refractivity contribution in [2.45, 2.75) is 39.2 Å². The summed E-state index contributed by atoms with van der Waals surface area (Å²) < 4.78 is 0. The Morgan fingerprint density at radius 3 is 2.67 bits per heavy atom. The number of nitrogens with one attached hydrogen (secondary N) is 1. The summed E-state index contributed by atoms with van der Waals surface area (Å²) in [6, 6.07) is 4.45. The van der Waals surface area contributed by atoms with Crippen molar-refractivity contribution in [3.63, 3.8) is 0 Å². The third kappa shape index (κ3) is 4.16. The average Bonchev–Trinajstić information content (AvgIpc) is 2.36. The van der Waals surface area contributed by atoms with E-state index in [1.807, 2.05) is 6.92 Å². The Morgan fingerprint density at radius 1 is 1.39 bits per heavy atom. The molecule has 0 saturated carbocycles. The first kappa shape index (κ1) is 14.2. The Bertz CT molecular complexity index is 432. The molecule has 0 aromatic carbocycles. The van der Waals surface area contributed by atoms with Crippen LogP contribution < -0.4 is 5.32 Å². The molecular weight excluding hydrogens is 232 g/mol. The normalized spacial score (nSPS) is 11.9. The average molecular weight is 250 g/mol. The second kappa shape index (κ2) is 6.74. The van der Waals surface area contributed by atoms with Gasteiger partial charge in [-0.25, -0.2) is 9.78 Å². The topological polar surface area (TPSA) is 79.3 Å². The van der Waals surface area contributed by atoms with E-state index >= 15 is 0 Å². The number of carbonyl (C=O) groups excluding carboxylic acids is 1. The zero-order chi connectivity index (χ0) is 13.5. The van der Waals surface area contributed by atoms with Gasteiger partial charge in [0.1, 0.15) is 11.4 Å². The largest absolute Gasteiger partial charge is 0.477 e. The number of amides is 1. The quantitative estimate of drug-likeness (QED) is 0.810. The highest BCUT2D eigenvalue weighted by molar-refractivity contribution is 5.94. The van der Waals surface area contributed by atoms with Crippen LogP contribution in [0.25, 0.3) is 0 Å². The summed E-state index contributed by atoms with van der Waals surface area (Å²) in [5.74, 6) is -1.47. The molecule has 1 amide bonds. The maximum absolute atomic E-state index is 11.8. The molecule has 5 nitrogen and oxygen atoms in total. The Balaban J connectivity index is 2.66. The van der Waals surface area contributed by atoms with E-state index < -0.39 is 5.97 Å². The van der Waals surface area contributed by atoms with Gasteiger partial charge in [0.15, 0.2) is 0 Å². The Kier molecular flexibility index (Phi) is 5.30. The van der Waals surface area contributed by atoms with E-state index in [-0.39, 0.29) is 23.3 Å². The van der Waals surface area contributed by atoms with E-state index in [9.17, 15) is 9.59 Å². The van der Waals surface area contributed by atoms with Crippen molar-refractivity contribution in [3.05, 3.63) is 29.6 Å². The first-order chi connectivity index (χ1) is 8.54. The van der Waals surface area contributed by atoms with Crippen LogP contribution in [-0.2, 0) is 0 Å². The third-order valence-corrected chi connectivity index (χ3v) is 2.57. The molecule has 1 heterocycles. The molecule has 0 bridgehead atoms. The number of hydrogen-bond donors (Lipinski definition) is 2. The van der Waals surface area contributed by atoms with Crippen LogP contribution in [0.15, 0.2) is 18.2 Å². The molecular formula is C13H18N2O3. The van der Waals surface area contributed by atoms with E-state index in [1.165, 1.54) is 18.2 Å². The van der Waals surface area contributed by atoms with Crippen LogP contribution in [0.3, 0.4) is 0 Å². The molecule has 18 heavy (non-hydrogen) atoms. The molecule has 5 heteroatoms. The summed E-state index contributed by atoms with van der Waals surface area (Å²) >= 11 is 0. The standard InChI is InChI=1S/C13H18N2O3/c1-3-4-6-9(2)14-12(16)10-7-5-8-11(15-10)13(17)18/h5,7-9H,3-4,6H2,1-2H3,(H,14,16)(H,17,18). The van der Waals surface area contributed by atoms with Gasteiger partial charge in [-0.05, 0) is 25.5 Å². The van der Waals surface area contributed by atoms with Crippen molar-refractivity contribution in [2.75, 3.05) is 0 Å². The van der Waals surface area contributed by atoms with Crippen molar-refractivity contribution < 1.29 is 14.7 Å². The van der Waals surface area contributed by atoms with E-state index in [4.69, 9.17) is 5.11 Å². The Morgan fingerprint density at radius 2 is 2.06 bits per heavy atom.